The highest BCUT2D eigenvalue weighted by molar-refractivity contribution is 5.71. The van der Waals surface area contributed by atoms with E-state index in [1.165, 1.54) is 50.5 Å². The third kappa shape index (κ3) is 5.07. The van der Waals surface area contributed by atoms with Gasteiger partial charge < -0.3 is 15.2 Å². The first-order chi connectivity index (χ1) is 18.1. The van der Waals surface area contributed by atoms with E-state index >= 15 is 0 Å². The fourth-order valence-electron chi connectivity index (χ4n) is 9.74. The third-order valence-corrected chi connectivity index (χ3v) is 11.7. The summed E-state index contributed by atoms with van der Waals surface area (Å²) in [5.41, 5.74) is 1.67. The van der Waals surface area contributed by atoms with Gasteiger partial charge in [-0.1, -0.05) is 83.7 Å². The molecule has 210 valence electrons. The molecule has 0 saturated heterocycles. The first-order valence-corrected chi connectivity index (χ1v) is 15.5. The Morgan fingerprint density at radius 1 is 1.08 bits per heavy atom. The molecule has 0 bridgehead atoms. The van der Waals surface area contributed by atoms with Gasteiger partial charge in [0.1, 0.15) is 5.75 Å². The minimum atomic E-state index is -0.413. The van der Waals surface area contributed by atoms with E-state index in [4.69, 9.17) is 4.74 Å². The molecule has 4 aliphatic rings. The van der Waals surface area contributed by atoms with E-state index in [1.54, 1.807) is 12.1 Å². The number of para-hydroxylation sites is 1. The van der Waals surface area contributed by atoms with Gasteiger partial charge in [0.05, 0.1) is 6.10 Å². The van der Waals surface area contributed by atoms with Crippen LogP contribution < -0.4 is 10.1 Å². The molecule has 0 spiro atoms. The average molecular weight is 522 g/mol. The lowest BCUT2D eigenvalue weighted by Gasteiger charge is -2.60. The molecule has 1 amide bonds. The summed E-state index contributed by atoms with van der Waals surface area (Å²) < 4.78 is 5.63. The number of aliphatic hydroxyl groups excluding tert-OH is 1. The van der Waals surface area contributed by atoms with Gasteiger partial charge in [-0.3, -0.25) is 0 Å². The summed E-state index contributed by atoms with van der Waals surface area (Å²) in [5, 5.41) is 14.0. The Kier molecular flexibility index (Phi) is 8.02. The van der Waals surface area contributed by atoms with E-state index in [9.17, 15) is 9.90 Å². The lowest BCUT2D eigenvalue weighted by atomic mass is 9.46. The summed E-state index contributed by atoms with van der Waals surface area (Å²) in [6, 6.07) is 9.17. The third-order valence-electron chi connectivity index (χ3n) is 11.7. The minimum Gasteiger partial charge on any atom is -0.410 e. The van der Waals surface area contributed by atoms with Crippen LogP contribution in [0.2, 0.25) is 0 Å². The monoisotopic (exact) mass is 521 g/mol. The van der Waals surface area contributed by atoms with Crippen LogP contribution in [0, 0.1) is 46.3 Å². The van der Waals surface area contributed by atoms with E-state index in [2.05, 4.69) is 46.0 Å². The lowest BCUT2D eigenvalue weighted by molar-refractivity contribution is -0.0677. The normalized spacial score (nSPS) is 39.0. The molecule has 3 fully saturated rings. The van der Waals surface area contributed by atoms with Crippen molar-refractivity contribution < 1.29 is 14.6 Å². The standard InChI is InChI=1S/C34H51NO3/c1-22(2)10-9-11-23(3)28-16-17-29-27-15-14-24-20-25(36)21-31(34(24,5)30(27)18-19-33(28,29)4)35-32(37)38-26-12-7-6-8-13-26/h6-8,12-14,22-23,25,27-31,36H,9-11,15-21H2,1-5H3,(H,35,37)/t23-,25-,27+,28-,29+,30+,31?,33-,34+/m1/s1. The molecule has 4 nitrogen and oxygen atoms in total. The smallest absolute Gasteiger partial charge is 0.410 e. The van der Waals surface area contributed by atoms with Crippen molar-refractivity contribution in [2.24, 2.45) is 46.3 Å². The molecule has 1 aromatic carbocycles. The Morgan fingerprint density at radius 3 is 2.58 bits per heavy atom. The van der Waals surface area contributed by atoms with Crippen molar-refractivity contribution in [3.05, 3.63) is 42.0 Å². The predicted molar refractivity (Wildman–Crippen MR) is 154 cm³/mol. The molecule has 2 N–H and O–H groups in total. The Morgan fingerprint density at radius 2 is 1.84 bits per heavy atom. The van der Waals surface area contributed by atoms with Crippen LogP contribution in [0.3, 0.4) is 0 Å². The highest BCUT2D eigenvalue weighted by Crippen LogP contribution is 2.67. The fourth-order valence-corrected chi connectivity index (χ4v) is 9.74. The zero-order chi connectivity index (χ0) is 27.1. The Balaban J connectivity index is 1.34. The quantitative estimate of drug-likeness (QED) is 0.356. The number of hydrogen-bond donors (Lipinski definition) is 2. The number of nitrogens with one attached hydrogen (secondary N) is 1. The number of fused-ring (bicyclic) bond motifs is 5. The lowest BCUT2D eigenvalue weighted by Crippen LogP contribution is -2.60. The second-order valence-corrected chi connectivity index (χ2v) is 14.1. The van der Waals surface area contributed by atoms with E-state index in [-0.39, 0.29) is 11.5 Å². The number of rotatable bonds is 7. The number of allylic oxidation sites excluding steroid dienone is 1. The number of hydrogen-bond acceptors (Lipinski definition) is 3. The number of ether oxygens (including phenoxy) is 1. The molecule has 0 aliphatic heterocycles. The summed E-state index contributed by atoms with van der Waals surface area (Å²) >= 11 is 0. The van der Waals surface area contributed by atoms with Crippen LogP contribution in [0.15, 0.2) is 42.0 Å². The highest BCUT2D eigenvalue weighted by atomic mass is 16.6. The maximum atomic E-state index is 13.0. The van der Waals surface area contributed by atoms with E-state index in [0.717, 1.165) is 36.5 Å². The van der Waals surface area contributed by atoms with E-state index in [0.29, 0.717) is 29.4 Å². The van der Waals surface area contributed by atoms with Crippen molar-refractivity contribution in [1.82, 2.24) is 5.32 Å². The average Bonchev–Trinajstić information content (AvgIpc) is 3.22. The molecule has 4 heteroatoms. The van der Waals surface area contributed by atoms with Gasteiger partial charge in [-0.05, 0) is 98.0 Å². The van der Waals surface area contributed by atoms with Crippen molar-refractivity contribution in [3.8, 4) is 5.75 Å². The van der Waals surface area contributed by atoms with Crippen molar-refractivity contribution in [1.29, 1.82) is 0 Å². The van der Waals surface area contributed by atoms with Crippen LogP contribution in [0.25, 0.3) is 0 Å². The molecule has 9 atom stereocenters. The zero-order valence-electron chi connectivity index (χ0n) is 24.4. The van der Waals surface area contributed by atoms with Crippen molar-refractivity contribution >= 4 is 6.09 Å². The number of amides is 1. The minimum absolute atomic E-state index is 0.113. The molecule has 4 aliphatic carbocycles. The largest absolute Gasteiger partial charge is 0.412 e. The van der Waals surface area contributed by atoms with E-state index in [1.807, 2.05) is 18.2 Å². The first-order valence-electron chi connectivity index (χ1n) is 15.5. The molecular weight excluding hydrogens is 470 g/mol. The summed E-state index contributed by atoms with van der Waals surface area (Å²) in [4.78, 5) is 13.0. The maximum Gasteiger partial charge on any atom is 0.412 e. The number of carbonyl (C=O) groups is 1. The Labute approximate surface area is 231 Å². The van der Waals surface area contributed by atoms with Crippen molar-refractivity contribution in [2.45, 2.75) is 111 Å². The van der Waals surface area contributed by atoms with Gasteiger partial charge in [0.2, 0.25) is 0 Å². The van der Waals surface area contributed by atoms with Crippen LogP contribution in [0.1, 0.15) is 98.8 Å². The molecular formula is C34H51NO3. The fraction of sp³-hybridized carbons (Fsp3) is 0.735. The summed E-state index contributed by atoms with van der Waals surface area (Å²) in [5.74, 6) is 4.97. The molecule has 1 aromatic rings. The summed E-state index contributed by atoms with van der Waals surface area (Å²) in [6.45, 7) is 12.2. The Bertz CT molecular complexity index is 1000. The predicted octanol–water partition coefficient (Wildman–Crippen LogP) is 8.16. The molecule has 0 heterocycles. The van der Waals surface area contributed by atoms with Crippen LogP contribution in [0.4, 0.5) is 4.79 Å². The highest BCUT2D eigenvalue weighted by Gasteiger charge is 2.61. The zero-order valence-corrected chi connectivity index (χ0v) is 24.4. The van der Waals surface area contributed by atoms with Gasteiger partial charge in [-0.2, -0.15) is 0 Å². The number of benzene rings is 1. The summed E-state index contributed by atoms with van der Waals surface area (Å²) in [6.07, 6.45) is 13.4. The van der Waals surface area contributed by atoms with Crippen LogP contribution in [0.5, 0.6) is 5.75 Å². The summed E-state index contributed by atoms with van der Waals surface area (Å²) in [7, 11) is 0. The van der Waals surface area contributed by atoms with E-state index < -0.39 is 12.2 Å². The molecule has 0 aromatic heterocycles. The van der Waals surface area contributed by atoms with Gasteiger partial charge in [0, 0.05) is 11.5 Å². The van der Waals surface area contributed by atoms with Gasteiger partial charge in [0.15, 0.2) is 0 Å². The molecule has 5 rings (SSSR count). The Hall–Kier alpha value is -1.81. The number of aliphatic hydroxyl groups is 1. The second kappa shape index (κ2) is 11.0. The van der Waals surface area contributed by atoms with Crippen LogP contribution in [-0.2, 0) is 0 Å². The van der Waals surface area contributed by atoms with Gasteiger partial charge in [-0.15, -0.1) is 0 Å². The molecule has 1 unspecified atom stereocenters. The molecule has 3 saturated carbocycles. The first kappa shape index (κ1) is 27.7. The van der Waals surface area contributed by atoms with Crippen molar-refractivity contribution in [2.75, 3.05) is 0 Å². The second-order valence-electron chi connectivity index (χ2n) is 14.1. The van der Waals surface area contributed by atoms with Gasteiger partial charge in [-0.25, -0.2) is 4.79 Å². The van der Waals surface area contributed by atoms with Crippen molar-refractivity contribution in [3.63, 3.8) is 0 Å². The topological polar surface area (TPSA) is 58.6 Å². The van der Waals surface area contributed by atoms with Gasteiger partial charge >= 0.3 is 6.09 Å². The molecule has 0 radical (unpaired) electrons. The maximum absolute atomic E-state index is 13.0. The van der Waals surface area contributed by atoms with Crippen LogP contribution in [-0.4, -0.2) is 23.3 Å². The van der Waals surface area contributed by atoms with Gasteiger partial charge in [0.25, 0.3) is 0 Å². The van der Waals surface area contributed by atoms with Crippen LogP contribution >= 0.6 is 0 Å². The molecule has 38 heavy (non-hydrogen) atoms. The number of carbonyl (C=O) groups excluding carboxylic acids is 1. The SMILES string of the molecule is CC(C)CCC[C@@H](C)[C@H]1CC[C@H]2[C@@H]3CC=C4C[C@@H](O)CC(NC(=O)Oc5ccccc5)[C@]4(C)[C@H]3CC[C@]12C.